The van der Waals surface area contributed by atoms with Crippen molar-refractivity contribution in [3.63, 3.8) is 0 Å². The lowest BCUT2D eigenvalue weighted by Gasteiger charge is -2.30. The van der Waals surface area contributed by atoms with Crippen LogP contribution in [0.2, 0.25) is 0 Å². The summed E-state index contributed by atoms with van der Waals surface area (Å²) >= 11 is 8.65. The number of ether oxygens (including phenoxy) is 1. The maximum Gasteiger partial charge on any atom is 0.338 e. The van der Waals surface area contributed by atoms with Crippen molar-refractivity contribution in [3.05, 3.63) is 45.6 Å². The van der Waals surface area contributed by atoms with Crippen LogP contribution in [0.3, 0.4) is 0 Å². The number of halogens is 1. The van der Waals surface area contributed by atoms with E-state index < -0.39 is 0 Å². The van der Waals surface area contributed by atoms with E-state index in [0.29, 0.717) is 10.7 Å². The highest BCUT2D eigenvalue weighted by Crippen LogP contribution is 2.29. The molecule has 4 nitrogen and oxygen atoms in total. The fourth-order valence-electron chi connectivity index (χ4n) is 2.18. The lowest BCUT2D eigenvalue weighted by atomic mass is 9.96. The number of esters is 1. The molecule has 0 saturated heterocycles. The minimum absolute atomic E-state index is 0.171. The van der Waals surface area contributed by atoms with Gasteiger partial charge >= 0.3 is 5.97 Å². The fourth-order valence-corrected chi connectivity index (χ4v) is 2.87. The lowest BCUT2D eigenvalue weighted by molar-refractivity contribution is -0.143. The molecule has 0 radical (unpaired) electrons. The van der Waals surface area contributed by atoms with Crippen LogP contribution in [-0.2, 0) is 9.53 Å². The van der Waals surface area contributed by atoms with E-state index in [1.807, 2.05) is 45.0 Å². The molecule has 0 saturated carbocycles. The summed E-state index contributed by atoms with van der Waals surface area (Å²) in [5, 5.41) is 6.62. The van der Waals surface area contributed by atoms with Crippen molar-refractivity contribution >= 4 is 39.2 Å². The Labute approximate surface area is 138 Å². The van der Waals surface area contributed by atoms with Crippen molar-refractivity contribution in [2.24, 2.45) is 0 Å². The molecule has 6 heteroatoms. The monoisotopic (exact) mass is 368 g/mol. The zero-order valence-electron chi connectivity index (χ0n) is 12.1. The van der Waals surface area contributed by atoms with Gasteiger partial charge < -0.3 is 15.4 Å². The van der Waals surface area contributed by atoms with Crippen molar-refractivity contribution in [2.75, 3.05) is 0 Å². The van der Waals surface area contributed by atoms with E-state index in [-0.39, 0.29) is 18.1 Å². The molecule has 1 aromatic rings. The quantitative estimate of drug-likeness (QED) is 0.633. The molecule has 0 spiro atoms. The number of hydrogen-bond donors (Lipinski definition) is 2. The van der Waals surface area contributed by atoms with Crippen molar-refractivity contribution in [1.82, 2.24) is 10.6 Å². The summed E-state index contributed by atoms with van der Waals surface area (Å²) < 4.78 is 6.29. The summed E-state index contributed by atoms with van der Waals surface area (Å²) in [5.41, 5.74) is 2.22. The molecule has 1 aromatic carbocycles. The Morgan fingerprint density at radius 2 is 2.14 bits per heavy atom. The van der Waals surface area contributed by atoms with E-state index >= 15 is 0 Å². The van der Waals surface area contributed by atoms with E-state index in [4.69, 9.17) is 17.0 Å². The minimum Gasteiger partial charge on any atom is -0.459 e. The Bertz CT molecular complexity index is 613. The molecule has 0 amide bonds. The molecular weight excluding hydrogens is 352 g/mol. The van der Waals surface area contributed by atoms with Crippen LogP contribution in [0.4, 0.5) is 0 Å². The first-order valence-corrected chi connectivity index (χ1v) is 7.83. The van der Waals surface area contributed by atoms with Crippen LogP contribution in [0.5, 0.6) is 0 Å². The Morgan fingerprint density at radius 1 is 1.43 bits per heavy atom. The molecule has 0 aliphatic carbocycles. The van der Waals surface area contributed by atoms with Gasteiger partial charge in [-0.2, -0.15) is 0 Å². The first kappa shape index (κ1) is 16.0. The first-order valence-electron chi connectivity index (χ1n) is 6.63. The highest BCUT2D eigenvalue weighted by Gasteiger charge is 2.31. The van der Waals surface area contributed by atoms with Gasteiger partial charge in [0.25, 0.3) is 0 Å². The molecule has 1 aliphatic heterocycles. The molecular formula is C15H17BrN2O2S. The average molecular weight is 369 g/mol. The zero-order valence-corrected chi connectivity index (χ0v) is 14.5. The van der Waals surface area contributed by atoms with E-state index in [1.54, 1.807) is 0 Å². The second-order valence-corrected chi connectivity index (χ2v) is 6.40. The van der Waals surface area contributed by atoms with Gasteiger partial charge in [-0.05, 0) is 50.7 Å². The van der Waals surface area contributed by atoms with Gasteiger partial charge in [-0.25, -0.2) is 4.79 Å². The summed E-state index contributed by atoms with van der Waals surface area (Å²) in [5.74, 6) is -0.338. The maximum atomic E-state index is 12.4. The van der Waals surface area contributed by atoms with Crippen LogP contribution in [0.15, 0.2) is 40.0 Å². The summed E-state index contributed by atoms with van der Waals surface area (Å²) in [6, 6.07) is 7.45. The van der Waals surface area contributed by atoms with Gasteiger partial charge in [0.1, 0.15) is 0 Å². The second-order valence-electron chi connectivity index (χ2n) is 5.08. The number of rotatable bonds is 3. The number of carbonyl (C=O) groups excluding carboxylic acids is 1. The Hall–Kier alpha value is -1.40. The number of allylic oxidation sites excluding steroid dienone is 1. The minimum atomic E-state index is -0.338. The number of thiocarbonyl (C=S) groups is 1. The van der Waals surface area contributed by atoms with Crippen LogP contribution in [-0.4, -0.2) is 17.2 Å². The third-order valence-corrected chi connectivity index (χ3v) is 3.73. The molecule has 0 fully saturated rings. The van der Waals surface area contributed by atoms with Crippen molar-refractivity contribution < 1.29 is 9.53 Å². The summed E-state index contributed by atoms with van der Waals surface area (Å²) in [7, 11) is 0. The molecule has 1 atom stereocenters. The van der Waals surface area contributed by atoms with Gasteiger partial charge in [0.05, 0.1) is 17.7 Å². The number of carbonyl (C=O) groups is 1. The second kappa shape index (κ2) is 6.58. The first-order chi connectivity index (χ1) is 9.88. The Balaban J connectivity index is 2.43. The van der Waals surface area contributed by atoms with Crippen LogP contribution in [0.25, 0.3) is 0 Å². The molecule has 21 heavy (non-hydrogen) atoms. The van der Waals surface area contributed by atoms with Crippen LogP contribution < -0.4 is 10.6 Å². The van der Waals surface area contributed by atoms with Crippen molar-refractivity contribution in [1.29, 1.82) is 0 Å². The van der Waals surface area contributed by atoms with Gasteiger partial charge in [-0.15, -0.1) is 0 Å². The average Bonchev–Trinajstić information content (AvgIpc) is 2.36. The smallest absolute Gasteiger partial charge is 0.338 e. The highest BCUT2D eigenvalue weighted by atomic mass is 79.9. The SMILES string of the molecule is CC1=C(C(=O)OC(C)C)[C@@H](c2cccc(Br)c2)NC(=S)N1. The van der Waals surface area contributed by atoms with Gasteiger partial charge in [-0.3, -0.25) is 0 Å². The molecule has 112 valence electrons. The number of hydrogen-bond acceptors (Lipinski definition) is 3. The van der Waals surface area contributed by atoms with Gasteiger partial charge in [0.15, 0.2) is 5.11 Å². The Kier molecular flexibility index (Phi) is 5.00. The normalized spacial score (nSPS) is 18.3. The number of benzene rings is 1. The summed E-state index contributed by atoms with van der Waals surface area (Å²) in [6.07, 6.45) is -0.171. The fraction of sp³-hybridized carbons (Fsp3) is 0.333. The number of nitrogens with one attached hydrogen (secondary N) is 2. The third kappa shape index (κ3) is 3.83. The molecule has 1 aliphatic rings. The Morgan fingerprint density at radius 3 is 2.76 bits per heavy atom. The molecule has 1 heterocycles. The molecule has 0 aromatic heterocycles. The van der Waals surface area contributed by atoms with Crippen molar-refractivity contribution in [3.8, 4) is 0 Å². The largest absolute Gasteiger partial charge is 0.459 e. The van der Waals surface area contributed by atoms with E-state index in [9.17, 15) is 4.79 Å². The third-order valence-electron chi connectivity index (χ3n) is 3.01. The van der Waals surface area contributed by atoms with Crippen LogP contribution in [0, 0.1) is 0 Å². The van der Waals surface area contributed by atoms with E-state index in [2.05, 4.69) is 26.6 Å². The standard InChI is InChI=1S/C15H17BrN2O2S/c1-8(2)20-14(19)12-9(3)17-15(21)18-13(12)10-5-4-6-11(16)7-10/h4-8,13H,1-3H3,(H2,17,18,21)/t13-/m1/s1. The van der Waals surface area contributed by atoms with E-state index in [0.717, 1.165) is 15.7 Å². The predicted octanol–water partition coefficient (Wildman–Crippen LogP) is 3.19. The van der Waals surface area contributed by atoms with Crippen molar-refractivity contribution in [2.45, 2.75) is 32.9 Å². The molecule has 0 bridgehead atoms. The topological polar surface area (TPSA) is 50.4 Å². The van der Waals surface area contributed by atoms with Crippen LogP contribution >= 0.6 is 28.1 Å². The molecule has 0 unspecified atom stereocenters. The summed E-state index contributed by atoms with van der Waals surface area (Å²) in [6.45, 7) is 5.49. The van der Waals surface area contributed by atoms with E-state index in [1.165, 1.54) is 0 Å². The lowest BCUT2D eigenvalue weighted by Crippen LogP contribution is -2.45. The van der Waals surface area contributed by atoms with Gasteiger partial charge in [0, 0.05) is 10.2 Å². The van der Waals surface area contributed by atoms with Gasteiger partial charge in [0.2, 0.25) is 0 Å². The van der Waals surface area contributed by atoms with Crippen LogP contribution in [0.1, 0.15) is 32.4 Å². The van der Waals surface area contributed by atoms with Gasteiger partial charge in [-0.1, -0.05) is 28.1 Å². The maximum absolute atomic E-state index is 12.4. The predicted molar refractivity (Wildman–Crippen MR) is 89.7 cm³/mol. The zero-order chi connectivity index (χ0) is 15.6. The molecule has 2 N–H and O–H groups in total. The highest BCUT2D eigenvalue weighted by molar-refractivity contribution is 9.10. The molecule has 2 rings (SSSR count). The summed E-state index contributed by atoms with van der Waals surface area (Å²) in [4.78, 5) is 12.4.